The number of thiocarbonyl (C=S) groups is 1. The van der Waals surface area contributed by atoms with Crippen molar-refractivity contribution in [2.75, 3.05) is 25.6 Å². The molecule has 0 saturated heterocycles. The number of anilines is 1. The number of carbonyl (C=O) groups excluding carboxylic acids is 2. The van der Waals surface area contributed by atoms with Crippen LogP contribution in [0.25, 0.3) is 0 Å². The molecule has 0 saturated carbocycles. The van der Waals surface area contributed by atoms with Gasteiger partial charge in [0.2, 0.25) is 0 Å². The van der Waals surface area contributed by atoms with E-state index in [0.717, 1.165) is 11.3 Å². The number of halogens is 1. The summed E-state index contributed by atoms with van der Waals surface area (Å²) in [4.78, 5) is 26.5. The van der Waals surface area contributed by atoms with Crippen molar-refractivity contribution in [1.29, 1.82) is 0 Å². The molecule has 32 heavy (non-hydrogen) atoms. The minimum atomic E-state index is -0.448. The normalized spacial score (nSPS) is 15.8. The van der Waals surface area contributed by atoms with Gasteiger partial charge in [-0.05, 0) is 68.0 Å². The number of nitrogens with zero attached hydrogens (tertiary/aromatic N) is 1. The average molecular weight is 474 g/mol. The smallest absolute Gasteiger partial charge is 0.337 e. The number of benzene rings is 2. The van der Waals surface area contributed by atoms with Crippen LogP contribution in [0.2, 0.25) is 5.02 Å². The Kier molecular flexibility index (Phi) is 7.71. The van der Waals surface area contributed by atoms with E-state index >= 15 is 0 Å². The zero-order valence-electron chi connectivity index (χ0n) is 18.0. The van der Waals surface area contributed by atoms with Crippen LogP contribution in [0.15, 0.2) is 59.8 Å². The molecule has 2 aromatic rings. The fourth-order valence-corrected chi connectivity index (χ4v) is 3.93. The van der Waals surface area contributed by atoms with E-state index in [1.54, 1.807) is 36.4 Å². The molecular formula is C23H24ClN3O4S. The van der Waals surface area contributed by atoms with E-state index in [1.165, 1.54) is 7.11 Å². The van der Waals surface area contributed by atoms with Gasteiger partial charge in [-0.25, -0.2) is 4.79 Å². The molecule has 1 atom stereocenters. The molecule has 0 bridgehead atoms. The molecule has 0 radical (unpaired) electrons. The number of rotatable bonds is 7. The monoisotopic (exact) mass is 473 g/mol. The number of esters is 1. The van der Waals surface area contributed by atoms with Crippen LogP contribution in [0.3, 0.4) is 0 Å². The molecule has 9 heteroatoms. The Hall–Kier alpha value is -3.10. The van der Waals surface area contributed by atoms with E-state index in [-0.39, 0.29) is 12.5 Å². The summed E-state index contributed by atoms with van der Waals surface area (Å²) in [5, 5.41) is 7.13. The predicted octanol–water partition coefficient (Wildman–Crippen LogP) is 4.06. The van der Waals surface area contributed by atoms with Gasteiger partial charge in [-0.2, -0.15) is 0 Å². The molecule has 1 heterocycles. The number of allylic oxidation sites excluding steroid dienone is 1. The summed E-state index contributed by atoms with van der Waals surface area (Å²) in [5.41, 5.74) is 2.67. The molecule has 2 aromatic carbocycles. The Balaban J connectivity index is 1.70. The number of methoxy groups -OCH3 is 1. The lowest BCUT2D eigenvalue weighted by Gasteiger charge is -2.36. The van der Waals surface area contributed by atoms with Crippen LogP contribution in [-0.2, 0) is 14.3 Å². The molecule has 1 amide bonds. The zero-order chi connectivity index (χ0) is 23.3. The first-order valence-electron chi connectivity index (χ1n) is 9.99. The Morgan fingerprint density at radius 3 is 2.41 bits per heavy atom. The van der Waals surface area contributed by atoms with Crippen LogP contribution in [0.1, 0.15) is 25.5 Å². The number of amides is 1. The average Bonchev–Trinajstić information content (AvgIpc) is 2.78. The van der Waals surface area contributed by atoms with Gasteiger partial charge in [0.05, 0.1) is 18.7 Å². The third-order valence-corrected chi connectivity index (χ3v) is 5.62. The first-order chi connectivity index (χ1) is 15.3. The molecule has 0 aromatic heterocycles. The summed E-state index contributed by atoms with van der Waals surface area (Å²) in [6.45, 7) is 4.31. The summed E-state index contributed by atoms with van der Waals surface area (Å²) < 4.78 is 10.5. The van der Waals surface area contributed by atoms with Crippen LogP contribution in [0, 0.1) is 0 Å². The van der Waals surface area contributed by atoms with Gasteiger partial charge in [-0.1, -0.05) is 23.7 Å². The largest absolute Gasteiger partial charge is 0.484 e. The number of nitrogens with one attached hydrogen (secondary N) is 2. The molecule has 1 aliphatic rings. The van der Waals surface area contributed by atoms with Crippen LogP contribution in [0.4, 0.5) is 5.69 Å². The summed E-state index contributed by atoms with van der Waals surface area (Å²) >= 11 is 11.3. The molecule has 0 spiro atoms. The van der Waals surface area contributed by atoms with Crippen molar-refractivity contribution >= 4 is 46.5 Å². The van der Waals surface area contributed by atoms with E-state index in [0.29, 0.717) is 33.7 Å². The van der Waals surface area contributed by atoms with Crippen LogP contribution in [0.5, 0.6) is 5.75 Å². The highest BCUT2D eigenvalue weighted by Gasteiger charge is 2.33. The molecule has 1 unspecified atom stereocenters. The molecule has 168 valence electrons. The van der Waals surface area contributed by atoms with Crippen LogP contribution < -0.4 is 15.4 Å². The Morgan fingerprint density at radius 2 is 1.81 bits per heavy atom. The number of hydrogen-bond donors (Lipinski definition) is 2. The van der Waals surface area contributed by atoms with Gasteiger partial charge < -0.3 is 25.0 Å². The van der Waals surface area contributed by atoms with Crippen molar-refractivity contribution < 1.29 is 19.1 Å². The van der Waals surface area contributed by atoms with Gasteiger partial charge in [0.1, 0.15) is 5.75 Å². The van der Waals surface area contributed by atoms with Crippen LogP contribution in [-0.4, -0.2) is 42.2 Å². The van der Waals surface area contributed by atoms with E-state index in [9.17, 15) is 9.59 Å². The number of hydrogen-bond acceptors (Lipinski definition) is 5. The summed E-state index contributed by atoms with van der Waals surface area (Å²) in [7, 11) is 1.35. The minimum Gasteiger partial charge on any atom is -0.484 e. The Morgan fingerprint density at radius 1 is 1.16 bits per heavy atom. The number of carbonyl (C=O) groups is 2. The van der Waals surface area contributed by atoms with Crippen molar-refractivity contribution in [2.45, 2.75) is 19.9 Å². The first-order valence-corrected chi connectivity index (χ1v) is 10.8. The van der Waals surface area contributed by atoms with Crippen molar-refractivity contribution in [3.8, 4) is 5.75 Å². The SMILES string of the molecule is CCN1C(=S)NC(c2ccc(NC(=O)COc3ccc(Cl)cc3)cc2)C(C(=O)OC)=C1C. The van der Waals surface area contributed by atoms with Crippen molar-refractivity contribution in [3.05, 3.63) is 70.4 Å². The lowest BCUT2D eigenvalue weighted by molar-refractivity contribution is -0.136. The lowest BCUT2D eigenvalue weighted by Crippen LogP contribution is -2.47. The molecule has 7 nitrogen and oxygen atoms in total. The summed E-state index contributed by atoms with van der Waals surface area (Å²) in [6.07, 6.45) is 0. The lowest BCUT2D eigenvalue weighted by atomic mass is 9.95. The van der Waals surface area contributed by atoms with Crippen LogP contribution >= 0.6 is 23.8 Å². The predicted molar refractivity (Wildman–Crippen MR) is 128 cm³/mol. The van der Waals surface area contributed by atoms with Gasteiger partial charge in [0.25, 0.3) is 5.91 Å². The number of ether oxygens (including phenoxy) is 2. The van der Waals surface area contributed by atoms with Crippen molar-refractivity contribution in [1.82, 2.24) is 10.2 Å². The molecule has 2 N–H and O–H groups in total. The van der Waals surface area contributed by atoms with E-state index in [4.69, 9.17) is 33.3 Å². The van der Waals surface area contributed by atoms with E-state index < -0.39 is 12.0 Å². The standard InChI is InChI=1S/C23H24ClN3O4S/c1-4-27-14(2)20(22(29)30-3)21(26-23(27)32)15-5-9-17(10-6-15)25-19(28)13-31-18-11-7-16(24)8-12-18/h5-12,21H,4,13H2,1-3H3,(H,25,28)(H,26,32). The van der Waals surface area contributed by atoms with E-state index in [2.05, 4.69) is 10.6 Å². The maximum atomic E-state index is 12.5. The minimum absolute atomic E-state index is 0.136. The maximum absolute atomic E-state index is 12.5. The highest BCUT2D eigenvalue weighted by Crippen LogP contribution is 2.31. The van der Waals surface area contributed by atoms with Gasteiger partial charge in [0, 0.05) is 23.0 Å². The van der Waals surface area contributed by atoms with Gasteiger partial charge in [-0.15, -0.1) is 0 Å². The quantitative estimate of drug-likeness (QED) is 0.463. The topological polar surface area (TPSA) is 79.9 Å². The maximum Gasteiger partial charge on any atom is 0.337 e. The molecular weight excluding hydrogens is 450 g/mol. The second-order valence-corrected chi connectivity index (χ2v) is 7.85. The third kappa shape index (κ3) is 5.38. The van der Waals surface area contributed by atoms with Gasteiger partial charge >= 0.3 is 5.97 Å². The zero-order valence-corrected chi connectivity index (χ0v) is 19.5. The second-order valence-electron chi connectivity index (χ2n) is 7.03. The van der Waals surface area contributed by atoms with Crippen molar-refractivity contribution in [2.24, 2.45) is 0 Å². The second kappa shape index (κ2) is 10.5. The highest BCUT2D eigenvalue weighted by molar-refractivity contribution is 7.80. The molecule has 0 fully saturated rings. The summed E-state index contributed by atoms with van der Waals surface area (Å²) in [5.74, 6) is -0.162. The molecule has 1 aliphatic heterocycles. The summed E-state index contributed by atoms with van der Waals surface area (Å²) in [6, 6.07) is 13.5. The fraction of sp³-hybridized carbons (Fsp3) is 0.261. The molecule has 0 aliphatic carbocycles. The molecule has 3 rings (SSSR count). The van der Waals surface area contributed by atoms with Gasteiger partial charge in [-0.3, -0.25) is 4.79 Å². The Labute approximate surface area is 197 Å². The van der Waals surface area contributed by atoms with E-state index in [1.807, 2.05) is 30.9 Å². The fourth-order valence-electron chi connectivity index (χ4n) is 3.42. The van der Waals surface area contributed by atoms with Gasteiger partial charge in [0.15, 0.2) is 11.7 Å². The third-order valence-electron chi connectivity index (χ3n) is 5.03. The van der Waals surface area contributed by atoms with Crippen molar-refractivity contribution in [3.63, 3.8) is 0 Å². The highest BCUT2D eigenvalue weighted by atomic mass is 35.5. The Bertz CT molecular complexity index is 1040. The first kappa shape index (κ1) is 23.6.